The first kappa shape index (κ1) is 17.9. The third kappa shape index (κ3) is 4.77. The molecule has 0 spiro atoms. The molecule has 0 saturated heterocycles. The zero-order chi connectivity index (χ0) is 17.4. The summed E-state index contributed by atoms with van der Waals surface area (Å²) in [5, 5.41) is 19.7. The van der Waals surface area contributed by atoms with Gasteiger partial charge in [-0.25, -0.2) is 14.0 Å². The number of hydrogen-bond donors (Lipinski definition) is 3. The van der Waals surface area contributed by atoms with Gasteiger partial charge in [0.1, 0.15) is 13.7 Å². The predicted octanol–water partition coefficient (Wildman–Crippen LogP) is 0.898. The number of anilines is 1. The molecular formula is C14H17BFN5O3. The van der Waals surface area contributed by atoms with Crippen LogP contribution in [0.5, 0.6) is 0 Å². The Bertz CT molecular complexity index is 695. The molecule has 8 nitrogen and oxygen atoms in total. The normalized spacial score (nSPS) is 11.5. The van der Waals surface area contributed by atoms with Gasteiger partial charge in [-0.2, -0.15) is 0 Å². The van der Waals surface area contributed by atoms with Gasteiger partial charge in [0.2, 0.25) is 5.82 Å². The topological polar surface area (TPSA) is 105 Å². The van der Waals surface area contributed by atoms with Crippen molar-refractivity contribution in [2.75, 3.05) is 25.1 Å². The molecule has 24 heavy (non-hydrogen) atoms. The van der Waals surface area contributed by atoms with Crippen molar-refractivity contribution >= 4 is 30.6 Å². The van der Waals surface area contributed by atoms with Gasteiger partial charge in [-0.05, 0) is 34.9 Å². The SMILES string of the molecule is [B]c1cc(N=C(NO)c2nonc2NCCOCCC)ccc1F. The molecule has 0 aliphatic heterocycles. The Morgan fingerprint density at radius 2 is 2.25 bits per heavy atom. The molecule has 0 atom stereocenters. The fourth-order valence-corrected chi connectivity index (χ4v) is 1.81. The van der Waals surface area contributed by atoms with Gasteiger partial charge in [-0.15, -0.1) is 0 Å². The molecule has 2 rings (SSSR count). The van der Waals surface area contributed by atoms with E-state index in [1.54, 1.807) is 0 Å². The molecule has 0 aliphatic rings. The highest BCUT2D eigenvalue weighted by Gasteiger charge is 2.16. The maximum atomic E-state index is 13.2. The average Bonchev–Trinajstić information content (AvgIpc) is 3.04. The predicted molar refractivity (Wildman–Crippen MR) is 86.8 cm³/mol. The van der Waals surface area contributed by atoms with Crippen LogP contribution < -0.4 is 16.3 Å². The maximum absolute atomic E-state index is 13.2. The number of ether oxygens (including phenoxy) is 1. The second kappa shape index (κ2) is 8.99. The van der Waals surface area contributed by atoms with Crippen LogP contribution in [0.2, 0.25) is 0 Å². The lowest BCUT2D eigenvalue weighted by atomic mass is 9.95. The molecule has 0 fully saturated rings. The smallest absolute Gasteiger partial charge is 0.202 e. The van der Waals surface area contributed by atoms with Crippen molar-refractivity contribution in [3.05, 3.63) is 29.7 Å². The van der Waals surface area contributed by atoms with Crippen molar-refractivity contribution < 1.29 is 19.0 Å². The molecule has 3 N–H and O–H groups in total. The molecule has 0 unspecified atom stereocenters. The number of aliphatic imine (C=N–C) groups is 1. The number of nitrogens with one attached hydrogen (secondary N) is 2. The lowest BCUT2D eigenvalue weighted by Gasteiger charge is -2.06. The average molecular weight is 333 g/mol. The van der Waals surface area contributed by atoms with Crippen LogP contribution in [0.1, 0.15) is 19.0 Å². The van der Waals surface area contributed by atoms with Crippen LogP contribution in [-0.2, 0) is 4.74 Å². The van der Waals surface area contributed by atoms with Crippen molar-refractivity contribution in [2.24, 2.45) is 4.99 Å². The van der Waals surface area contributed by atoms with Crippen LogP contribution in [0, 0.1) is 5.82 Å². The van der Waals surface area contributed by atoms with Gasteiger partial charge in [0, 0.05) is 13.2 Å². The summed E-state index contributed by atoms with van der Waals surface area (Å²) >= 11 is 0. The second-order valence-electron chi connectivity index (χ2n) is 4.78. The highest BCUT2D eigenvalue weighted by atomic mass is 19.1. The molecule has 10 heteroatoms. The number of nitrogens with zero attached hydrogens (tertiary/aromatic N) is 3. The van der Waals surface area contributed by atoms with E-state index >= 15 is 0 Å². The lowest BCUT2D eigenvalue weighted by molar-refractivity contribution is 0.144. The first-order chi connectivity index (χ1) is 11.7. The number of hydroxylamine groups is 1. The molecule has 2 aromatic rings. The zero-order valence-corrected chi connectivity index (χ0v) is 13.1. The molecular weight excluding hydrogens is 316 g/mol. The largest absolute Gasteiger partial charge is 0.380 e. The standard InChI is InChI=1S/C14H17BFN5O3/c1-2-6-23-7-5-17-13-12(20-24-21-13)14(19-22)18-9-3-4-11(16)10(15)8-9/h3-4,8,22H,2,5-7H2,1H3,(H,17,21)(H,18,19). The van der Waals surface area contributed by atoms with Crippen LogP contribution in [0.25, 0.3) is 0 Å². The third-order valence-electron chi connectivity index (χ3n) is 2.93. The Labute approximate surface area is 139 Å². The van der Waals surface area contributed by atoms with Gasteiger partial charge in [-0.3, -0.25) is 10.7 Å². The summed E-state index contributed by atoms with van der Waals surface area (Å²) in [7, 11) is 5.49. The first-order valence-corrected chi connectivity index (χ1v) is 7.34. The van der Waals surface area contributed by atoms with Gasteiger partial charge >= 0.3 is 0 Å². The molecule has 1 heterocycles. The molecule has 0 saturated carbocycles. The number of benzene rings is 1. The molecule has 0 bridgehead atoms. The Balaban J connectivity index is 2.11. The van der Waals surface area contributed by atoms with Crippen molar-refractivity contribution in [1.82, 2.24) is 15.8 Å². The Hall–Kier alpha value is -2.46. The van der Waals surface area contributed by atoms with Crippen LogP contribution >= 0.6 is 0 Å². The minimum atomic E-state index is -0.551. The highest BCUT2D eigenvalue weighted by Crippen LogP contribution is 2.15. The van der Waals surface area contributed by atoms with Gasteiger partial charge in [-0.1, -0.05) is 12.4 Å². The number of aromatic nitrogens is 2. The second-order valence-corrected chi connectivity index (χ2v) is 4.78. The van der Waals surface area contributed by atoms with E-state index in [1.165, 1.54) is 18.2 Å². The molecule has 126 valence electrons. The van der Waals surface area contributed by atoms with E-state index in [2.05, 4.69) is 25.3 Å². The van der Waals surface area contributed by atoms with Crippen LogP contribution in [0.4, 0.5) is 15.9 Å². The fraction of sp³-hybridized carbons (Fsp3) is 0.357. The van der Waals surface area contributed by atoms with Gasteiger partial charge in [0.25, 0.3) is 0 Å². The zero-order valence-electron chi connectivity index (χ0n) is 13.1. The molecule has 0 aliphatic carbocycles. The van der Waals surface area contributed by atoms with Gasteiger partial charge in [0.05, 0.1) is 12.3 Å². The Morgan fingerprint density at radius 1 is 1.42 bits per heavy atom. The summed E-state index contributed by atoms with van der Waals surface area (Å²) in [5.74, 6) is -0.297. The van der Waals surface area contributed by atoms with Crippen molar-refractivity contribution in [3.63, 3.8) is 0 Å². The van der Waals surface area contributed by atoms with Gasteiger partial charge in [0.15, 0.2) is 11.5 Å². The van der Waals surface area contributed by atoms with Crippen LogP contribution in [0.15, 0.2) is 27.8 Å². The Kier molecular flexibility index (Phi) is 6.70. The lowest BCUT2D eigenvalue weighted by Crippen LogP contribution is -2.22. The summed E-state index contributed by atoms with van der Waals surface area (Å²) in [6.07, 6.45) is 0.933. The number of rotatable bonds is 8. The maximum Gasteiger partial charge on any atom is 0.202 e. The molecule has 2 radical (unpaired) electrons. The van der Waals surface area contributed by atoms with Crippen LogP contribution in [0.3, 0.4) is 0 Å². The first-order valence-electron chi connectivity index (χ1n) is 7.34. The number of hydrogen-bond acceptors (Lipinski definition) is 7. The summed E-state index contributed by atoms with van der Waals surface area (Å²) in [4.78, 5) is 4.11. The van der Waals surface area contributed by atoms with E-state index in [0.29, 0.717) is 25.4 Å². The van der Waals surface area contributed by atoms with E-state index in [-0.39, 0.29) is 22.8 Å². The summed E-state index contributed by atoms with van der Waals surface area (Å²) in [6, 6.07) is 3.91. The molecule has 1 aromatic heterocycles. The van der Waals surface area contributed by atoms with Gasteiger partial charge < -0.3 is 10.1 Å². The summed E-state index contributed by atoms with van der Waals surface area (Å²) in [6.45, 7) is 3.64. The van der Waals surface area contributed by atoms with E-state index in [9.17, 15) is 9.60 Å². The third-order valence-corrected chi connectivity index (χ3v) is 2.93. The minimum absolute atomic E-state index is 0.0285. The van der Waals surface area contributed by atoms with E-state index in [0.717, 1.165) is 6.42 Å². The van der Waals surface area contributed by atoms with Crippen molar-refractivity contribution in [3.8, 4) is 0 Å². The summed E-state index contributed by atoms with van der Waals surface area (Å²) in [5.41, 5.74) is 2.35. The number of halogens is 1. The van der Waals surface area contributed by atoms with E-state index in [4.69, 9.17) is 12.6 Å². The fourth-order valence-electron chi connectivity index (χ4n) is 1.81. The summed E-state index contributed by atoms with van der Waals surface area (Å²) < 4.78 is 23.2. The highest BCUT2D eigenvalue weighted by molar-refractivity contribution is 6.32. The van der Waals surface area contributed by atoms with Crippen LogP contribution in [-0.4, -0.2) is 49.0 Å². The monoisotopic (exact) mass is 333 g/mol. The Morgan fingerprint density at radius 3 is 2.96 bits per heavy atom. The quantitative estimate of drug-likeness (QED) is 0.217. The molecule has 1 aromatic carbocycles. The van der Waals surface area contributed by atoms with E-state index in [1.807, 2.05) is 12.4 Å². The minimum Gasteiger partial charge on any atom is -0.380 e. The van der Waals surface area contributed by atoms with E-state index < -0.39 is 5.82 Å². The van der Waals surface area contributed by atoms with Crippen molar-refractivity contribution in [1.29, 1.82) is 0 Å². The van der Waals surface area contributed by atoms with Crippen molar-refractivity contribution in [2.45, 2.75) is 13.3 Å². The molecule has 0 amide bonds. The number of amidine groups is 1.